The minimum atomic E-state index is -2.79. The van der Waals surface area contributed by atoms with E-state index in [1.54, 1.807) is 6.92 Å². The van der Waals surface area contributed by atoms with Crippen molar-refractivity contribution in [3.63, 3.8) is 0 Å². The molecule has 0 radical (unpaired) electrons. The normalized spacial score (nSPS) is 18.6. The van der Waals surface area contributed by atoms with Gasteiger partial charge in [-0.25, -0.2) is 0 Å². The Bertz CT molecular complexity index is 1800. The highest BCUT2D eigenvalue weighted by molar-refractivity contribution is 6.99. The molecule has 4 nitrogen and oxygen atoms in total. The Morgan fingerprint density at radius 3 is 1.61 bits per heavy atom. The molecule has 1 fully saturated rings. The lowest BCUT2D eigenvalue weighted by molar-refractivity contribution is -0.120. The van der Waals surface area contributed by atoms with E-state index in [0.717, 1.165) is 55.2 Å². The molecule has 5 aromatic carbocycles. The second-order valence-corrected chi connectivity index (χ2v) is 21.7. The molecule has 5 aromatic rings. The van der Waals surface area contributed by atoms with Crippen molar-refractivity contribution >= 4 is 24.6 Å². The van der Waals surface area contributed by atoms with Crippen LogP contribution in [0, 0.1) is 17.3 Å². The monoisotopic (exact) mass is 765 g/mol. The molecule has 0 heterocycles. The average molecular weight is 766 g/mol. The Morgan fingerprint density at radius 1 is 0.750 bits per heavy atom. The summed E-state index contributed by atoms with van der Waals surface area (Å²) >= 11 is 0. The number of ether oxygens (including phenoxy) is 1. The Balaban J connectivity index is 1.39. The fraction of sp³-hybridized carbons (Fsp3) is 0.392. The van der Waals surface area contributed by atoms with E-state index in [0.29, 0.717) is 25.0 Å². The number of amides is 1. The molecule has 5 heteroatoms. The minimum absolute atomic E-state index is 0.0352. The van der Waals surface area contributed by atoms with Gasteiger partial charge in [0.2, 0.25) is 5.91 Å². The van der Waals surface area contributed by atoms with Crippen molar-refractivity contribution in [2.45, 2.75) is 96.7 Å². The highest BCUT2D eigenvalue weighted by Gasteiger charge is 2.53. The first-order valence-corrected chi connectivity index (χ1v) is 22.8. The number of rotatable bonds is 17. The number of carbonyl (C=O) groups excluding carboxylic acids is 1. The van der Waals surface area contributed by atoms with E-state index in [1.165, 1.54) is 10.4 Å². The molecule has 1 aliphatic rings. The summed E-state index contributed by atoms with van der Waals surface area (Å²) < 4.78 is 15.3. The zero-order chi connectivity index (χ0) is 39.7. The minimum Gasteiger partial charge on any atom is -0.407 e. The van der Waals surface area contributed by atoms with Gasteiger partial charge in [-0.05, 0) is 88.4 Å². The van der Waals surface area contributed by atoms with Gasteiger partial charge in [-0.1, -0.05) is 186 Å². The predicted octanol–water partition coefficient (Wildman–Crippen LogP) is 10.7. The van der Waals surface area contributed by atoms with E-state index in [9.17, 15) is 4.79 Å². The van der Waals surface area contributed by atoms with Crippen molar-refractivity contribution in [1.29, 1.82) is 0 Å². The highest BCUT2D eigenvalue weighted by atomic mass is 28.4. The van der Waals surface area contributed by atoms with Crippen LogP contribution in [0.5, 0.6) is 0 Å². The van der Waals surface area contributed by atoms with Crippen LogP contribution in [0.25, 0.3) is 0 Å². The molecule has 56 heavy (non-hydrogen) atoms. The summed E-state index contributed by atoms with van der Waals surface area (Å²) in [6.45, 7) is 14.5. The summed E-state index contributed by atoms with van der Waals surface area (Å²) in [5, 5.41) is 5.78. The zero-order valence-corrected chi connectivity index (χ0v) is 35.5. The van der Waals surface area contributed by atoms with Crippen molar-refractivity contribution in [2.24, 2.45) is 17.3 Å². The van der Waals surface area contributed by atoms with Crippen LogP contribution in [-0.2, 0) is 19.6 Å². The van der Waals surface area contributed by atoms with Crippen LogP contribution in [0.1, 0.15) is 96.8 Å². The molecule has 294 valence electrons. The maximum Gasteiger partial charge on any atom is 0.261 e. The summed E-state index contributed by atoms with van der Waals surface area (Å²) in [4.78, 5) is 12.4. The van der Waals surface area contributed by atoms with E-state index in [-0.39, 0.29) is 22.4 Å². The van der Waals surface area contributed by atoms with Crippen LogP contribution >= 0.6 is 0 Å². The summed E-state index contributed by atoms with van der Waals surface area (Å²) in [6, 6.07) is 54.3. The standard InChI is InChI=1S/C51H63NO3Si/c1-7-23-43(40(2)52-41(3)53)37-50(39-55-56(49(4,5)6,47-30-19-11-20-31-47)48-32-21-12-22-33-48)35-34-42(36-50)38-54-51(44-24-13-8-14-25-44,45-26-15-9-16-27-45)46-28-17-10-18-29-46/h8-22,24-33,40,42-43H,7,23,34-39H2,1-6H3,(H,52,53)/t40?,42?,43?,50-/m1/s1. The van der Waals surface area contributed by atoms with Gasteiger partial charge in [0.1, 0.15) is 5.60 Å². The van der Waals surface area contributed by atoms with Gasteiger partial charge in [-0.3, -0.25) is 4.79 Å². The van der Waals surface area contributed by atoms with Gasteiger partial charge in [-0.15, -0.1) is 0 Å². The number of benzene rings is 5. The third-order valence-corrected chi connectivity index (χ3v) is 17.4. The van der Waals surface area contributed by atoms with Gasteiger partial charge in [0, 0.05) is 19.6 Å². The van der Waals surface area contributed by atoms with Gasteiger partial charge in [-0.2, -0.15) is 0 Å². The third kappa shape index (κ3) is 8.96. The Labute approximate surface area is 338 Å². The lowest BCUT2D eigenvalue weighted by Crippen LogP contribution is -2.67. The van der Waals surface area contributed by atoms with Crippen LogP contribution in [0.4, 0.5) is 0 Å². The third-order valence-electron chi connectivity index (χ3n) is 12.4. The first-order chi connectivity index (χ1) is 27.0. The highest BCUT2D eigenvalue weighted by Crippen LogP contribution is 2.51. The second kappa shape index (κ2) is 18.3. The molecule has 0 bridgehead atoms. The van der Waals surface area contributed by atoms with Crippen LogP contribution in [-0.4, -0.2) is 33.5 Å². The Hall–Kier alpha value is -4.29. The molecule has 1 saturated carbocycles. The number of carbonyl (C=O) groups is 1. The van der Waals surface area contributed by atoms with Crippen molar-refractivity contribution in [1.82, 2.24) is 5.32 Å². The SMILES string of the molecule is CCCC(C[C@@]1(CO[Si](c2ccccc2)(c2ccccc2)C(C)(C)C)CCC(COC(c2ccccc2)(c2ccccc2)c2ccccc2)C1)C(C)NC(C)=O. The molecule has 4 atom stereocenters. The van der Waals surface area contributed by atoms with E-state index in [2.05, 4.69) is 192 Å². The molecule has 1 amide bonds. The summed E-state index contributed by atoms with van der Waals surface area (Å²) in [7, 11) is -2.79. The Kier molecular flexibility index (Phi) is 13.5. The summed E-state index contributed by atoms with van der Waals surface area (Å²) in [5.41, 5.74) is 2.55. The molecule has 1 N–H and O–H groups in total. The first-order valence-electron chi connectivity index (χ1n) is 20.9. The van der Waals surface area contributed by atoms with Gasteiger partial charge in [0.05, 0.1) is 6.61 Å². The molecule has 0 aliphatic heterocycles. The van der Waals surface area contributed by atoms with Crippen LogP contribution < -0.4 is 15.7 Å². The predicted molar refractivity (Wildman–Crippen MR) is 235 cm³/mol. The smallest absolute Gasteiger partial charge is 0.261 e. The number of hydrogen-bond acceptors (Lipinski definition) is 3. The quantitative estimate of drug-likeness (QED) is 0.0758. The largest absolute Gasteiger partial charge is 0.407 e. The molecule has 3 unspecified atom stereocenters. The summed E-state index contributed by atoms with van der Waals surface area (Å²) in [5.74, 6) is 0.711. The average Bonchev–Trinajstić information content (AvgIpc) is 3.62. The van der Waals surface area contributed by atoms with Gasteiger partial charge < -0.3 is 14.5 Å². The maximum absolute atomic E-state index is 12.4. The lowest BCUT2D eigenvalue weighted by atomic mass is 9.74. The van der Waals surface area contributed by atoms with E-state index >= 15 is 0 Å². The molecule has 0 aromatic heterocycles. The lowest BCUT2D eigenvalue weighted by Gasteiger charge is -2.46. The van der Waals surface area contributed by atoms with E-state index in [4.69, 9.17) is 9.16 Å². The second-order valence-electron chi connectivity index (χ2n) is 17.4. The molecule has 1 aliphatic carbocycles. The molecule has 0 saturated heterocycles. The number of hydrogen-bond donors (Lipinski definition) is 1. The van der Waals surface area contributed by atoms with E-state index < -0.39 is 13.9 Å². The van der Waals surface area contributed by atoms with Gasteiger partial charge in [0.25, 0.3) is 8.32 Å². The first kappa shape index (κ1) is 41.3. The van der Waals surface area contributed by atoms with Crippen LogP contribution in [0.3, 0.4) is 0 Å². The van der Waals surface area contributed by atoms with E-state index in [1.807, 2.05) is 0 Å². The molecular weight excluding hydrogens is 703 g/mol. The maximum atomic E-state index is 12.4. The van der Waals surface area contributed by atoms with Gasteiger partial charge >= 0.3 is 0 Å². The van der Waals surface area contributed by atoms with Crippen LogP contribution in [0.15, 0.2) is 152 Å². The Morgan fingerprint density at radius 2 is 1.20 bits per heavy atom. The van der Waals surface area contributed by atoms with Gasteiger partial charge in [0.15, 0.2) is 0 Å². The molecule has 0 spiro atoms. The molecule has 6 rings (SSSR count). The topological polar surface area (TPSA) is 47.6 Å². The van der Waals surface area contributed by atoms with Crippen molar-refractivity contribution in [2.75, 3.05) is 13.2 Å². The van der Waals surface area contributed by atoms with Crippen molar-refractivity contribution in [3.8, 4) is 0 Å². The molecular formula is C51H63NO3Si. The number of nitrogens with one attached hydrogen (secondary N) is 1. The summed E-state index contributed by atoms with van der Waals surface area (Å²) in [6.07, 6.45) is 6.25. The fourth-order valence-corrected chi connectivity index (χ4v) is 14.5. The van der Waals surface area contributed by atoms with Crippen molar-refractivity contribution < 1.29 is 14.0 Å². The fourth-order valence-electron chi connectivity index (χ4n) is 9.77. The zero-order valence-electron chi connectivity index (χ0n) is 34.5. The van der Waals surface area contributed by atoms with Crippen molar-refractivity contribution in [3.05, 3.63) is 168 Å². The van der Waals surface area contributed by atoms with Crippen LogP contribution in [0.2, 0.25) is 5.04 Å².